The highest BCUT2D eigenvalue weighted by Crippen LogP contribution is 2.32. The number of rotatable bonds is 1. The van der Waals surface area contributed by atoms with Crippen LogP contribution in [0.2, 0.25) is 0 Å². The van der Waals surface area contributed by atoms with Crippen LogP contribution in [0.5, 0.6) is 5.75 Å². The lowest BCUT2D eigenvalue weighted by Crippen LogP contribution is -2.08. The summed E-state index contributed by atoms with van der Waals surface area (Å²) in [4.78, 5) is 3.89. The predicted octanol–water partition coefficient (Wildman–Crippen LogP) is 2.19. The van der Waals surface area contributed by atoms with Crippen molar-refractivity contribution in [3.8, 4) is 5.75 Å². The topological polar surface area (TPSA) is 41.8 Å². The lowest BCUT2D eigenvalue weighted by molar-refractivity contribution is -0.137. The zero-order valence-electron chi connectivity index (χ0n) is 8.08. The molecular weight excluding hydrogens is 223 g/mol. The van der Waals surface area contributed by atoms with Gasteiger partial charge in [0.15, 0.2) is 0 Å². The maximum atomic E-state index is 12.4. The van der Waals surface area contributed by atoms with Gasteiger partial charge in [0.25, 0.3) is 0 Å². The second kappa shape index (κ2) is 3.70. The standard InChI is InChI=1S/C10H8F3NO2/c11-10(12,13)7-3-6(4-8(15)5-7)9-14-1-2-16-9/h3-5,15H,1-2H2. The van der Waals surface area contributed by atoms with E-state index in [1.807, 2.05) is 0 Å². The third kappa shape index (κ3) is 2.10. The Balaban J connectivity index is 2.44. The van der Waals surface area contributed by atoms with Crippen LogP contribution >= 0.6 is 0 Å². The van der Waals surface area contributed by atoms with E-state index in [1.165, 1.54) is 6.07 Å². The molecule has 0 unspecified atom stereocenters. The highest BCUT2D eigenvalue weighted by molar-refractivity contribution is 5.95. The number of hydrogen-bond donors (Lipinski definition) is 1. The summed E-state index contributed by atoms with van der Waals surface area (Å²) in [6.07, 6.45) is -4.49. The number of benzene rings is 1. The van der Waals surface area contributed by atoms with Gasteiger partial charge in [-0.1, -0.05) is 0 Å². The molecule has 0 aliphatic carbocycles. The molecule has 1 aliphatic heterocycles. The molecule has 1 aromatic rings. The van der Waals surface area contributed by atoms with Gasteiger partial charge in [-0.05, 0) is 18.2 Å². The summed E-state index contributed by atoms with van der Waals surface area (Å²) >= 11 is 0. The first-order valence-corrected chi connectivity index (χ1v) is 4.56. The molecule has 6 heteroatoms. The molecule has 0 spiro atoms. The summed E-state index contributed by atoms with van der Waals surface area (Å²) in [5.41, 5.74) is -0.773. The fourth-order valence-electron chi connectivity index (χ4n) is 1.41. The number of ether oxygens (including phenoxy) is 1. The fraction of sp³-hybridized carbons (Fsp3) is 0.300. The van der Waals surface area contributed by atoms with Crippen molar-refractivity contribution in [3.05, 3.63) is 29.3 Å². The largest absolute Gasteiger partial charge is 0.508 e. The summed E-state index contributed by atoms with van der Waals surface area (Å²) in [6, 6.07) is 2.77. The van der Waals surface area contributed by atoms with Crippen LogP contribution in [0.25, 0.3) is 0 Å². The summed E-state index contributed by atoms with van der Waals surface area (Å²) in [7, 11) is 0. The van der Waals surface area contributed by atoms with Crippen molar-refractivity contribution in [2.45, 2.75) is 6.18 Å². The van der Waals surface area contributed by atoms with Crippen LogP contribution < -0.4 is 0 Å². The number of alkyl halides is 3. The van der Waals surface area contributed by atoms with Crippen molar-refractivity contribution in [2.75, 3.05) is 13.2 Å². The molecule has 16 heavy (non-hydrogen) atoms. The Bertz CT molecular complexity index is 440. The molecule has 86 valence electrons. The van der Waals surface area contributed by atoms with E-state index < -0.39 is 17.5 Å². The number of halogens is 3. The normalized spacial score (nSPS) is 15.8. The van der Waals surface area contributed by atoms with Crippen molar-refractivity contribution in [3.63, 3.8) is 0 Å². The molecule has 0 saturated heterocycles. The van der Waals surface area contributed by atoms with E-state index in [-0.39, 0.29) is 11.5 Å². The fourth-order valence-corrected chi connectivity index (χ4v) is 1.41. The molecule has 1 N–H and O–H groups in total. The van der Waals surface area contributed by atoms with Crippen LogP contribution in [0, 0.1) is 0 Å². The lowest BCUT2D eigenvalue weighted by atomic mass is 10.1. The quantitative estimate of drug-likeness (QED) is 0.804. The van der Waals surface area contributed by atoms with Crippen LogP contribution in [0.15, 0.2) is 23.2 Å². The number of aromatic hydroxyl groups is 1. The first-order valence-electron chi connectivity index (χ1n) is 4.56. The minimum Gasteiger partial charge on any atom is -0.508 e. The molecule has 0 saturated carbocycles. The Morgan fingerprint density at radius 1 is 1.25 bits per heavy atom. The zero-order valence-corrected chi connectivity index (χ0v) is 8.08. The van der Waals surface area contributed by atoms with Gasteiger partial charge in [0.1, 0.15) is 12.4 Å². The van der Waals surface area contributed by atoms with Gasteiger partial charge in [-0.3, -0.25) is 0 Å². The molecule has 0 bridgehead atoms. The molecule has 1 aromatic carbocycles. The summed E-state index contributed by atoms with van der Waals surface area (Å²) < 4.78 is 42.4. The number of aliphatic imine (C=N–C) groups is 1. The molecular formula is C10H8F3NO2. The van der Waals surface area contributed by atoms with Crippen LogP contribution in [0.4, 0.5) is 13.2 Å². The van der Waals surface area contributed by atoms with Gasteiger partial charge in [-0.25, -0.2) is 4.99 Å². The molecule has 3 nitrogen and oxygen atoms in total. The van der Waals surface area contributed by atoms with E-state index >= 15 is 0 Å². The molecule has 0 fully saturated rings. The first-order chi connectivity index (χ1) is 7.47. The van der Waals surface area contributed by atoms with Crippen molar-refractivity contribution in [1.82, 2.24) is 0 Å². The minimum atomic E-state index is -4.49. The molecule has 0 amide bonds. The Morgan fingerprint density at radius 2 is 2.00 bits per heavy atom. The average molecular weight is 231 g/mol. The van der Waals surface area contributed by atoms with E-state index in [1.54, 1.807) is 0 Å². The van der Waals surface area contributed by atoms with Gasteiger partial charge in [-0.15, -0.1) is 0 Å². The highest BCUT2D eigenvalue weighted by Gasteiger charge is 2.32. The highest BCUT2D eigenvalue weighted by atomic mass is 19.4. The van der Waals surface area contributed by atoms with Gasteiger partial charge in [0.2, 0.25) is 5.90 Å². The van der Waals surface area contributed by atoms with Gasteiger partial charge in [-0.2, -0.15) is 13.2 Å². The maximum Gasteiger partial charge on any atom is 0.416 e. The summed E-state index contributed by atoms with van der Waals surface area (Å²) in [5.74, 6) is -0.315. The Labute approximate surface area is 89.2 Å². The van der Waals surface area contributed by atoms with E-state index in [0.717, 1.165) is 6.07 Å². The first kappa shape index (κ1) is 10.8. The van der Waals surface area contributed by atoms with Gasteiger partial charge < -0.3 is 9.84 Å². The summed E-state index contributed by atoms with van der Waals surface area (Å²) in [6.45, 7) is 0.776. The Morgan fingerprint density at radius 3 is 2.56 bits per heavy atom. The number of nitrogens with zero attached hydrogens (tertiary/aromatic N) is 1. The van der Waals surface area contributed by atoms with Crippen molar-refractivity contribution >= 4 is 5.90 Å². The predicted molar refractivity (Wildman–Crippen MR) is 50.5 cm³/mol. The second-order valence-electron chi connectivity index (χ2n) is 3.30. The van der Waals surface area contributed by atoms with Gasteiger partial charge >= 0.3 is 6.18 Å². The third-order valence-corrected chi connectivity index (χ3v) is 2.08. The van der Waals surface area contributed by atoms with E-state index in [4.69, 9.17) is 4.74 Å². The van der Waals surface area contributed by atoms with Crippen LogP contribution in [-0.2, 0) is 10.9 Å². The third-order valence-electron chi connectivity index (χ3n) is 2.08. The van der Waals surface area contributed by atoms with Gasteiger partial charge in [0.05, 0.1) is 12.1 Å². The molecule has 0 aromatic heterocycles. The minimum absolute atomic E-state index is 0.140. The molecule has 0 radical (unpaired) electrons. The van der Waals surface area contributed by atoms with E-state index in [9.17, 15) is 18.3 Å². The number of phenolic OH excluding ortho intramolecular Hbond substituents is 1. The average Bonchev–Trinajstić information content (AvgIpc) is 2.68. The Hall–Kier alpha value is -1.72. The molecule has 2 rings (SSSR count). The van der Waals surface area contributed by atoms with Crippen LogP contribution in [0.1, 0.15) is 11.1 Å². The zero-order chi connectivity index (χ0) is 11.8. The SMILES string of the molecule is Oc1cc(C2=NCCO2)cc(C(F)(F)F)c1. The van der Waals surface area contributed by atoms with Crippen LogP contribution in [-0.4, -0.2) is 24.2 Å². The number of phenols is 1. The van der Waals surface area contributed by atoms with Gasteiger partial charge in [0, 0.05) is 5.56 Å². The molecule has 1 heterocycles. The monoisotopic (exact) mass is 231 g/mol. The molecule has 0 atom stereocenters. The van der Waals surface area contributed by atoms with E-state index in [0.29, 0.717) is 19.2 Å². The maximum absolute atomic E-state index is 12.4. The Kier molecular flexibility index (Phi) is 2.49. The van der Waals surface area contributed by atoms with Crippen LogP contribution in [0.3, 0.4) is 0 Å². The van der Waals surface area contributed by atoms with E-state index in [2.05, 4.69) is 4.99 Å². The van der Waals surface area contributed by atoms with Crippen molar-refractivity contribution < 1.29 is 23.0 Å². The number of hydrogen-bond acceptors (Lipinski definition) is 3. The van der Waals surface area contributed by atoms with Crippen molar-refractivity contribution in [1.29, 1.82) is 0 Å². The van der Waals surface area contributed by atoms with Crippen molar-refractivity contribution in [2.24, 2.45) is 4.99 Å². The summed E-state index contributed by atoms with van der Waals surface area (Å²) in [5, 5.41) is 9.21. The smallest absolute Gasteiger partial charge is 0.416 e. The lowest BCUT2D eigenvalue weighted by Gasteiger charge is -2.09. The second-order valence-corrected chi connectivity index (χ2v) is 3.30. The molecule has 1 aliphatic rings.